The lowest BCUT2D eigenvalue weighted by molar-refractivity contribution is 1.78. The van der Waals surface area contributed by atoms with Crippen molar-refractivity contribution in [3.63, 3.8) is 0 Å². The zero-order chi connectivity index (χ0) is 9.10. The van der Waals surface area contributed by atoms with Crippen LogP contribution in [0.5, 0.6) is 0 Å². The maximum absolute atomic E-state index is 6.35. The van der Waals surface area contributed by atoms with Crippen LogP contribution in [0.2, 0.25) is 0 Å². The van der Waals surface area contributed by atoms with Crippen molar-refractivity contribution in [1.29, 1.82) is 0 Å². The van der Waals surface area contributed by atoms with E-state index in [2.05, 4.69) is 23.6 Å². The lowest BCUT2D eigenvalue weighted by atomic mass is 10.4. The topological polar surface area (TPSA) is 0 Å². The normalized spacial score (nSPS) is 12.7. The third-order valence-electron chi connectivity index (χ3n) is 1.68. The van der Waals surface area contributed by atoms with Crippen LogP contribution in [0.15, 0.2) is 47.8 Å². The summed E-state index contributed by atoms with van der Waals surface area (Å²) in [7, 11) is -0.643. The SMILES string of the molecule is ClP(c1ccccc1)c1cccs1. The molecule has 2 aromatic rings. The van der Waals surface area contributed by atoms with Crippen LogP contribution in [-0.2, 0) is 0 Å². The quantitative estimate of drug-likeness (QED) is 0.689. The summed E-state index contributed by atoms with van der Waals surface area (Å²) in [6.45, 7) is 0. The molecule has 0 spiro atoms. The van der Waals surface area contributed by atoms with Gasteiger partial charge in [0, 0.05) is 4.62 Å². The standard InChI is InChI=1S/C10H8ClPS/c11-12(10-7-4-8-13-10)9-5-2-1-3-6-9/h1-8H. The van der Waals surface area contributed by atoms with Gasteiger partial charge in [0.1, 0.15) is 0 Å². The zero-order valence-corrected chi connectivity index (χ0v) is 9.32. The molecule has 0 nitrogen and oxygen atoms in total. The first-order valence-electron chi connectivity index (χ1n) is 3.92. The lowest BCUT2D eigenvalue weighted by Crippen LogP contribution is -2.03. The molecule has 0 bridgehead atoms. The molecule has 0 radical (unpaired) electrons. The fourth-order valence-electron chi connectivity index (χ4n) is 1.07. The molecule has 2 rings (SSSR count). The molecule has 1 heterocycles. The van der Waals surface area contributed by atoms with Gasteiger partial charge in [0.15, 0.2) is 0 Å². The molecule has 1 aromatic carbocycles. The summed E-state index contributed by atoms with van der Waals surface area (Å²) < 4.78 is 1.27. The van der Waals surface area contributed by atoms with E-state index in [0.29, 0.717) is 0 Å². The van der Waals surface area contributed by atoms with Crippen LogP contribution in [0.25, 0.3) is 0 Å². The highest BCUT2D eigenvalue weighted by atomic mass is 35.7. The molecule has 1 unspecified atom stereocenters. The van der Waals surface area contributed by atoms with Crippen LogP contribution in [0.4, 0.5) is 0 Å². The van der Waals surface area contributed by atoms with Crippen molar-refractivity contribution in [3.05, 3.63) is 47.8 Å². The fraction of sp³-hybridized carbons (Fsp3) is 0. The van der Waals surface area contributed by atoms with Gasteiger partial charge < -0.3 is 0 Å². The largest absolute Gasteiger partial charge is 0.142 e. The average Bonchev–Trinajstić information content (AvgIpc) is 2.71. The predicted molar refractivity (Wildman–Crippen MR) is 62.8 cm³/mol. The van der Waals surface area contributed by atoms with E-state index in [9.17, 15) is 0 Å². The lowest BCUT2D eigenvalue weighted by Gasteiger charge is -2.05. The summed E-state index contributed by atoms with van der Waals surface area (Å²) >= 11 is 8.07. The van der Waals surface area contributed by atoms with Gasteiger partial charge >= 0.3 is 0 Å². The van der Waals surface area contributed by atoms with Crippen molar-refractivity contribution in [2.24, 2.45) is 0 Å². The molecule has 0 aliphatic carbocycles. The van der Waals surface area contributed by atoms with Gasteiger partial charge in [0.25, 0.3) is 0 Å². The van der Waals surface area contributed by atoms with E-state index in [0.717, 1.165) is 0 Å². The molecule has 1 aromatic heterocycles. The summed E-state index contributed by atoms with van der Waals surface area (Å²) in [5, 5.41) is 3.29. The Hall–Kier alpha value is -0.360. The van der Waals surface area contributed by atoms with Crippen LogP contribution in [0.3, 0.4) is 0 Å². The molecule has 0 saturated carbocycles. The van der Waals surface area contributed by atoms with Gasteiger partial charge in [-0.3, -0.25) is 0 Å². The Morgan fingerprint density at radius 2 is 1.77 bits per heavy atom. The Bertz CT molecular complexity index is 358. The van der Waals surface area contributed by atoms with Crippen LogP contribution >= 0.6 is 29.9 Å². The number of rotatable bonds is 2. The third-order valence-corrected chi connectivity index (χ3v) is 5.94. The van der Waals surface area contributed by atoms with Crippen molar-refractivity contribution in [2.45, 2.75) is 0 Å². The Morgan fingerprint density at radius 1 is 1.00 bits per heavy atom. The molecule has 0 N–H and O–H groups in total. The minimum Gasteiger partial charge on any atom is -0.142 e. The third kappa shape index (κ3) is 2.11. The van der Waals surface area contributed by atoms with Crippen molar-refractivity contribution < 1.29 is 0 Å². The molecule has 0 amide bonds. The Kier molecular flexibility index (Phi) is 3.00. The molecular weight excluding hydrogens is 219 g/mol. The van der Waals surface area contributed by atoms with Crippen molar-refractivity contribution in [3.8, 4) is 0 Å². The first kappa shape index (κ1) is 9.21. The smallest absolute Gasteiger partial charge is 0.0626 e. The number of hydrogen-bond donors (Lipinski definition) is 0. The summed E-state index contributed by atoms with van der Waals surface area (Å²) in [4.78, 5) is 0. The molecule has 0 aliphatic heterocycles. The maximum Gasteiger partial charge on any atom is 0.0626 e. The highest BCUT2D eigenvalue weighted by Crippen LogP contribution is 2.40. The van der Waals surface area contributed by atoms with Crippen LogP contribution in [0.1, 0.15) is 0 Å². The van der Waals surface area contributed by atoms with E-state index >= 15 is 0 Å². The Morgan fingerprint density at radius 3 is 2.38 bits per heavy atom. The fourth-order valence-corrected chi connectivity index (χ4v) is 4.16. The summed E-state index contributed by atoms with van der Waals surface area (Å²) in [5.41, 5.74) is 0. The first-order valence-corrected chi connectivity index (χ1v) is 7.05. The van der Waals surface area contributed by atoms with Gasteiger partial charge in [-0.15, -0.1) is 11.3 Å². The molecule has 66 valence electrons. The van der Waals surface area contributed by atoms with E-state index in [1.165, 1.54) is 9.92 Å². The minimum absolute atomic E-state index is 0.643. The second kappa shape index (κ2) is 4.23. The predicted octanol–water partition coefficient (Wildman–Crippen LogP) is 3.33. The zero-order valence-electron chi connectivity index (χ0n) is 6.85. The van der Waals surface area contributed by atoms with Crippen molar-refractivity contribution >= 4 is 39.8 Å². The summed E-state index contributed by atoms with van der Waals surface area (Å²) in [6.07, 6.45) is 0. The molecule has 0 saturated heterocycles. The Labute approximate surface area is 87.7 Å². The van der Waals surface area contributed by atoms with E-state index in [1.54, 1.807) is 11.3 Å². The van der Waals surface area contributed by atoms with E-state index in [-0.39, 0.29) is 0 Å². The molecule has 0 aliphatic rings. The van der Waals surface area contributed by atoms with Gasteiger partial charge in [-0.05, 0) is 16.8 Å². The molecule has 3 heteroatoms. The second-order valence-electron chi connectivity index (χ2n) is 2.57. The second-order valence-corrected chi connectivity index (χ2v) is 6.39. The molecule has 1 atom stereocenters. The van der Waals surface area contributed by atoms with E-state index in [4.69, 9.17) is 11.2 Å². The molecule has 0 fully saturated rings. The average molecular weight is 227 g/mol. The van der Waals surface area contributed by atoms with E-state index < -0.39 is 7.27 Å². The molecule has 13 heavy (non-hydrogen) atoms. The van der Waals surface area contributed by atoms with Crippen LogP contribution in [0, 0.1) is 0 Å². The number of benzene rings is 1. The number of hydrogen-bond acceptors (Lipinski definition) is 1. The Balaban J connectivity index is 2.29. The van der Waals surface area contributed by atoms with Gasteiger partial charge in [0.2, 0.25) is 0 Å². The van der Waals surface area contributed by atoms with Crippen LogP contribution < -0.4 is 9.92 Å². The minimum atomic E-state index is -0.643. The van der Waals surface area contributed by atoms with Gasteiger partial charge in [-0.1, -0.05) is 47.6 Å². The number of halogens is 1. The summed E-state index contributed by atoms with van der Waals surface area (Å²) in [6, 6.07) is 14.4. The first-order chi connectivity index (χ1) is 6.38. The highest BCUT2D eigenvalue weighted by Gasteiger charge is 2.10. The van der Waals surface area contributed by atoms with Crippen molar-refractivity contribution in [1.82, 2.24) is 0 Å². The highest BCUT2D eigenvalue weighted by molar-refractivity contribution is 7.98. The maximum atomic E-state index is 6.35. The van der Waals surface area contributed by atoms with Gasteiger partial charge in [0.05, 0.1) is 7.27 Å². The monoisotopic (exact) mass is 226 g/mol. The molecular formula is C10H8ClPS. The van der Waals surface area contributed by atoms with Crippen molar-refractivity contribution in [2.75, 3.05) is 0 Å². The van der Waals surface area contributed by atoms with Gasteiger partial charge in [-0.25, -0.2) is 0 Å². The van der Waals surface area contributed by atoms with E-state index in [1.807, 2.05) is 24.3 Å². The number of thiophene rings is 1. The summed E-state index contributed by atoms with van der Waals surface area (Å²) in [5.74, 6) is 0. The van der Waals surface area contributed by atoms with Gasteiger partial charge in [-0.2, -0.15) is 0 Å². The van der Waals surface area contributed by atoms with Crippen LogP contribution in [-0.4, -0.2) is 0 Å².